The Morgan fingerprint density at radius 1 is 1.17 bits per heavy atom. The van der Waals surface area contributed by atoms with Crippen LogP contribution in [0.1, 0.15) is 16.7 Å². The van der Waals surface area contributed by atoms with Gasteiger partial charge in [0.05, 0.1) is 14.6 Å². The zero-order valence-corrected chi connectivity index (χ0v) is 15.8. The molecular weight excluding hydrogens is 426 g/mol. The van der Waals surface area contributed by atoms with Crippen molar-refractivity contribution in [2.24, 2.45) is 4.99 Å². The van der Waals surface area contributed by atoms with E-state index in [0.717, 1.165) is 11.3 Å². The molecule has 0 bridgehead atoms. The molecule has 0 aliphatic rings. The highest BCUT2D eigenvalue weighted by atomic mass is 79.9. The van der Waals surface area contributed by atoms with Crippen molar-refractivity contribution in [2.45, 2.75) is 13.8 Å². The normalized spacial score (nSPS) is 11.0. The Bertz CT molecular complexity index is 749. The highest BCUT2D eigenvalue weighted by molar-refractivity contribution is 9.11. The number of carboxylic acids is 1. The van der Waals surface area contributed by atoms with Crippen molar-refractivity contribution in [1.82, 2.24) is 0 Å². The number of hydrogen-bond donors (Lipinski definition) is 1. The largest absolute Gasteiger partial charge is 0.480 e. The Morgan fingerprint density at radius 2 is 1.83 bits per heavy atom. The summed E-state index contributed by atoms with van der Waals surface area (Å²) in [5.74, 6) is -0.570. The zero-order chi connectivity index (χ0) is 17.0. The summed E-state index contributed by atoms with van der Waals surface area (Å²) in [6.45, 7) is 3.72. The molecule has 0 unspecified atom stereocenters. The number of aliphatic carboxylic acids is 1. The van der Waals surface area contributed by atoms with Crippen LogP contribution < -0.4 is 4.74 Å². The third-order valence-corrected chi connectivity index (χ3v) is 4.39. The maximum absolute atomic E-state index is 10.6. The van der Waals surface area contributed by atoms with Crippen LogP contribution in [0.15, 0.2) is 44.3 Å². The van der Waals surface area contributed by atoms with E-state index in [1.165, 1.54) is 11.1 Å². The number of nitrogens with zero attached hydrogens (tertiary/aromatic N) is 1. The maximum atomic E-state index is 10.6. The van der Waals surface area contributed by atoms with E-state index < -0.39 is 12.6 Å². The van der Waals surface area contributed by atoms with Crippen LogP contribution >= 0.6 is 31.9 Å². The highest BCUT2D eigenvalue weighted by Crippen LogP contribution is 2.34. The second-order valence-electron chi connectivity index (χ2n) is 5.02. The zero-order valence-electron chi connectivity index (χ0n) is 12.6. The summed E-state index contributed by atoms with van der Waals surface area (Å²) in [6.07, 6.45) is 1.75. The van der Waals surface area contributed by atoms with Gasteiger partial charge in [0.1, 0.15) is 5.75 Å². The third-order valence-electron chi connectivity index (χ3n) is 3.21. The lowest BCUT2D eigenvalue weighted by Crippen LogP contribution is -2.10. The van der Waals surface area contributed by atoms with Crippen LogP contribution in [0.2, 0.25) is 0 Å². The van der Waals surface area contributed by atoms with E-state index in [1.807, 2.05) is 30.3 Å². The van der Waals surface area contributed by atoms with Gasteiger partial charge in [-0.3, -0.25) is 4.99 Å². The fraction of sp³-hybridized carbons (Fsp3) is 0.176. The molecule has 0 aliphatic carbocycles. The van der Waals surface area contributed by atoms with Gasteiger partial charge in [-0.2, -0.15) is 0 Å². The summed E-state index contributed by atoms with van der Waals surface area (Å²) >= 11 is 6.77. The number of halogens is 2. The minimum atomic E-state index is -1.02. The van der Waals surface area contributed by atoms with Crippen molar-refractivity contribution >= 4 is 49.7 Å². The van der Waals surface area contributed by atoms with Gasteiger partial charge in [-0.15, -0.1) is 0 Å². The van der Waals surface area contributed by atoms with Crippen molar-refractivity contribution in [1.29, 1.82) is 0 Å². The van der Waals surface area contributed by atoms with E-state index in [-0.39, 0.29) is 0 Å². The lowest BCUT2D eigenvalue weighted by atomic mass is 10.1. The molecule has 6 heteroatoms. The van der Waals surface area contributed by atoms with Crippen molar-refractivity contribution < 1.29 is 14.6 Å². The van der Waals surface area contributed by atoms with E-state index in [2.05, 4.69) is 50.7 Å². The quantitative estimate of drug-likeness (QED) is 0.662. The predicted molar refractivity (Wildman–Crippen MR) is 98.1 cm³/mol. The lowest BCUT2D eigenvalue weighted by molar-refractivity contribution is -0.139. The molecule has 23 heavy (non-hydrogen) atoms. The Morgan fingerprint density at radius 3 is 2.39 bits per heavy atom. The van der Waals surface area contributed by atoms with Crippen LogP contribution in [0.4, 0.5) is 5.69 Å². The first-order chi connectivity index (χ1) is 10.9. The second-order valence-corrected chi connectivity index (χ2v) is 6.73. The second kappa shape index (κ2) is 7.75. The Kier molecular flexibility index (Phi) is 5.96. The van der Waals surface area contributed by atoms with Gasteiger partial charge < -0.3 is 9.84 Å². The molecule has 0 aliphatic heterocycles. The Balaban J connectivity index is 2.22. The molecule has 0 saturated heterocycles. The Labute approximate surface area is 151 Å². The molecular formula is C17H15Br2NO3. The highest BCUT2D eigenvalue weighted by Gasteiger charge is 2.10. The molecule has 2 aromatic rings. The van der Waals surface area contributed by atoms with Crippen LogP contribution in [0, 0.1) is 13.8 Å². The number of carbonyl (C=O) groups is 1. The molecule has 0 radical (unpaired) electrons. The number of aliphatic imine (C=N–C) groups is 1. The van der Waals surface area contributed by atoms with Gasteiger partial charge in [0, 0.05) is 6.21 Å². The number of aryl methyl sites for hydroxylation is 2. The minimum absolute atomic E-state index is 0.396. The standard InChI is InChI=1S/C17H15Br2NO3/c1-10-3-4-13(5-11(10)2)20-8-12-6-14(18)17(15(19)7-12)23-9-16(21)22/h3-8H,9H2,1-2H3,(H,21,22). The van der Waals surface area contributed by atoms with E-state index in [0.29, 0.717) is 14.7 Å². The SMILES string of the molecule is Cc1ccc(N=Cc2cc(Br)c(OCC(=O)O)c(Br)c2)cc1C. The van der Waals surface area contributed by atoms with Gasteiger partial charge in [0.2, 0.25) is 0 Å². The summed E-state index contributed by atoms with van der Waals surface area (Å²) < 4.78 is 6.56. The number of rotatable bonds is 5. The number of ether oxygens (including phenoxy) is 1. The van der Waals surface area contributed by atoms with Crippen molar-refractivity contribution in [3.8, 4) is 5.75 Å². The van der Waals surface area contributed by atoms with Gasteiger partial charge in [-0.05, 0) is 86.7 Å². The third kappa shape index (κ3) is 4.91. The average molecular weight is 441 g/mol. The lowest BCUT2D eigenvalue weighted by Gasteiger charge is -2.09. The van der Waals surface area contributed by atoms with Gasteiger partial charge in [-0.25, -0.2) is 4.79 Å². The number of carboxylic acid groups (broad SMARTS) is 1. The van der Waals surface area contributed by atoms with E-state index >= 15 is 0 Å². The Hall–Kier alpha value is -1.66. The molecule has 4 nitrogen and oxygen atoms in total. The first-order valence-corrected chi connectivity index (χ1v) is 8.40. The van der Waals surface area contributed by atoms with Crippen LogP contribution in [0.5, 0.6) is 5.75 Å². The van der Waals surface area contributed by atoms with Crippen molar-refractivity contribution in [2.75, 3.05) is 6.61 Å². The average Bonchev–Trinajstić information content (AvgIpc) is 2.47. The summed E-state index contributed by atoms with van der Waals surface area (Å²) in [7, 11) is 0. The summed E-state index contributed by atoms with van der Waals surface area (Å²) in [4.78, 5) is 15.1. The van der Waals surface area contributed by atoms with Crippen molar-refractivity contribution in [3.05, 3.63) is 56.0 Å². The fourth-order valence-corrected chi connectivity index (χ4v) is 3.33. The van der Waals surface area contributed by atoms with Gasteiger partial charge in [-0.1, -0.05) is 6.07 Å². The number of benzene rings is 2. The molecule has 0 spiro atoms. The molecule has 0 amide bonds. The molecule has 120 valence electrons. The molecule has 0 atom stereocenters. The monoisotopic (exact) mass is 439 g/mol. The van der Waals surface area contributed by atoms with Gasteiger partial charge in [0.25, 0.3) is 0 Å². The van der Waals surface area contributed by atoms with Crippen LogP contribution in [0.25, 0.3) is 0 Å². The first kappa shape index (κ1) is 17.7. The smallest absolute Gasteiger partial charge is 0.341 e. The van der Waals surface area contributed by atoms with Crippen LogP contribution in [-0.2, 0) is 4.79 Å². The van der Waals surface area contributed by atoms with Crippen LogP contribution in [0.3, 0.4) is 0 Å². The molecule has 2 aromatic carbocycles. The molecule has 2 rings (SSSR count). The van der Waals surface area contributed by atoms with Gasteiger partial charge >= 0.3 is 5.97 Å². The molecule has 0 fully saturated rings. The maximum Gasteiger partial charge on any atom is 0.341 e. The molecule has 0 heterocycles. The first-order valence-electron chi connectivity index (χ1n) is 6.82. The predicted octanol–water partition coefficient (Wildman–Crippen LogP) is 5.04. The topological polar surface area (TPSA) is 58.9 Å². The van der Waals surface area contributed by atoms with Crippen LogP contribution in [-0.4, -0.2) is 23.9 Å². The summed E-state index contributed by atoms with van der Waals surface area (Å²) in [5, 5.41) is 8.69. The molecule has 0 aromatic heterocycles. The van der Waals surface area contributed by atoms with E-state index in [9.17, 15) is 4.79 Å². The van der Waals surface area contributed by atoms with Crippen molar-refractivity contribution in [3.63, 3.8) is 0 Å². The summed E-state index contributed by atoms with van der Waals surface area (Å²) in [5.41, 5.74) is 4.17. The van der Waals surface area contributed by atoms with E-state index in [4.69, 9.17) is 9.84 Å². The molecule has 1 N–H and O–H groups in total. The number of hydrogen-bond acceptors (Lipinski definition) is 3. The molecule has 0 saturated carbocycles. The van der Waals surface area contributed by atoms with Gasteiger partial charge in [0.15, 0.2) is 6.61 Å². The minimum Gasteiger partial charge on any atom is -0.480 e. The fourth-order valence-electron chi connectivity index (χ4n) is 1.88. The van der Waals surface area contributed by atoms with E-state index in [1.54, 1.807) is 6.21 Å². The summed E-state index contributed by atoms with van der Waals surface area (Å²) in [6, 6.07) is 9.68.